The Morgan fingerprint density at radius 2 is 2.09 bits per heavy atom. The van der Waals surface area contributed by atoms with Gasteiger partial charge in [-0.3, -0.25) is 18.3 Å². The first-order chi connectivity index (χ1) is 16.6. The molecular weight excluding hydrogens is 472 g/mol. The van der Waals surface area contributed by atoms with E-state index in [2.05, 4.69) is 17.2 Å². The highest BCUT2D eigenvalue weighted by atomic mass is 32.2. The summed E-state index contributed by atoms with van der Waals surface area (Å²) in [6, 6.07) is 3.25. The van der Waals surface area contributed by atoms with Gasteiger partial charge in [0.15, 0.2) is 5.96 Å². The van der Waals surface area contributed by atoms with Crippen molar-refractivity contribution in [1.29, 1.82) is 0 Å². The fraction of sp³-hybridized carbons (Fsp3) is 0.609. The van der Waals surface area contributed by atoms with Crippen molar-refractivity contribution in [3.63, 3.8) is 0 Å². The average molecular weight is 508 g/mol. The molecule has 0 aromatic heterocycles. The summed E-state index contributed by atoms with van der Waals surface area (Å²) in [7, 11) is 0. The maximum Gasteiger partial charge on any atom is 0.326 e. The Balaban J connectivity index is 2.00. The van der Waals surface area contributed by atoms with E-state index in [1.165, 1.54) is 4.90 Å². The molecule has 1 aromatic rings. The van der Waals surface area contributed by atoms with E-state index in [9.17, 15) is 23.5 Å². The number of amides is 1. The molecule has 11 nitrogen and oxygen atoms in total. The molecule has 35 heavy (non-hydrogen) atoms. The van der Waals surface area contributed by atoms with Crippen molar-refractivity contribution in [2.75, 3.05) is 29.3 Å². The minimum absolute atomic E-state index is 0.0939. The van der Waals surface area contributed by atoms with E-state index >= 15 is 0 Å². The number of aliphatic imine (C=N–C) groups is 1. The summed E-state index contributed by atoms with van der Waals surface area (Å²) in [5, 5.41) is 13.1. The number of nitrogens with two attached hydrogens (primary N) is 2. The number of para-hydroxylation sites is 1. The summed E-state index contributed by atoms with van der Waals surface area (Å²) < 4.78 is 26.3. The third kappa shape index (κ3) is 6.43. The zero-order chi connectivity index (χ0) is 25.7. The molecule has 2 aliphatic rings. The normalized spacial score (nSPS) is 23.4. The average Bonchev–Trinajstić information content (AvgIpc) is 2.79. The number of likely N-dealkylation sites (tertiary alicyclic amines) is 1. The molecule has 2 unspecified atom stereocenters. The van der Waals surface area contributed by atoms with Crippen LogP contribution in [0.25, 0.3) is 0 Å². The smallest absolute Gasteiger partial charge is 0.326 e. The quantitative estimate of drug-likeness (QED) is 0.166. The second-order valence-electron chi connectivity index (χ2n) is 9.52. The molecule has 12 heteroatoms. The standard InChI is InChI=1S/C23H36N6O5S/c1-14-8-10-28(19(12-14)22(31)32)21(30)18(7-4-9-26-23(24)25)29(35(33)34)17-6-3-5-16-11-15(2)13-27-20(16)17/h3,5-6,14-15,18-19,27H,4,7-13H2,1-2H3,(H,31,32)(H,33,34)(H4,24,25,26)/p-1/t14-,15-,18?,19-/m1/s1. The number of hydrogen-bond acceptors (Lipinski definition) is 6. The van der Waals surface area contributed by atoms with Gasteiger partial charge in [0.05, 0.1) is 11.4 Å². The minimum Gasteiger partial charge on any atom is -0.755 e. The monoisotopic (exact) mass is 507 g/mol. The zero-order valence-electron chi connectivity index (χ0n) is 20.2. The summed E-state index contributed by atoms with van der Waals surface area (Å²) in [6.07, 6.45) is 2.22. The first kappa shape index (κ1) is 26.7. The lowest BCUT2D eigenvalue weighted by Gasteiger charge is -2.42. The predicted octanol–water partition coefficient (Wildman–Crippen LogP) is 1.03. The lowest BCUT2D eigenvalue weighted by molar-refractivity contribution is -0.153. The van der Waals surface area contributed by atoms with Gasteiger partial charge in [0.2, 0.25) is 5.91 Å². The van der Waals surface area contributed by atoms with Gasteiger partial charge in [-0.05, 0) is 55.6 Å². The van der Waals surface area contributed by atoms with Gasteiger partial charge in [-0.25, -0.2) is 4.79 Å². The van der Waals surface area contributed by atoms with E-state index in [1.54, 1.807) is 12.1 Å². The summed E-state index contributed by atoms with van der Waals surface area (Å²) in [4.78, 5) is 31.1. The Labute approximate surface area is 208 Å². The highest BCUT2D eigenvalue weighted by Crippen LogP contribution is 2.37. The fourth-order valence-corrected chi connectivity index (χ4v) is 5.60. The van der Waals surface area contributed by atoms with Crippen molar-refractivity contribution < 1.29 is 23.5 Å². The maximum absolute atomic E-state index is 13.8. The van der Waals surface area contributed by atoms with Gasteiger partial charge in [0, 0.05) is 30.9 Å². The topological polar surface area (TPSA) is 177 Å². The number of hydrogen-bond donors (Lipinski definition) is 4. The van der Waals surface area contributed by atoms with Crippen LogP contribution < -0.4 is 21.1 Å². The van der Waals surface area contributed by atoms with E-state index in [1.807, 2.05) is 13.0 Å². The molecule has 194 valence electrons. The molecule has 0 radical (unpaired) electrons. The number of fused-ring (bicyclic) bond motifs is 1. The van der Waals surface area contributed by atoms with E-state index in [-0.39, 0.29) is 31.4 Å². The van der Waals surface area contributed by atoms with Crippen molar-refractivity contribution >= 4 is 40.5 Å². The Bertz CT molecular complexity index is 985. The molecule has 2 aliphatic heterocycles. The number of carbonyl (C=O) groups is 2. The first-order valence-corrected chi connectivity index (χ1v) is 13.0. The van der Waals surface area contributed by atoms with Crippen LogP contribution in [0.4, 0.5) is 11.4 Å². The maximum atomic E-state index is 13.8. The minimum atomic E-state index is -2.80. The molecule has 3 rings (SSSR count). The number of anilines is 2. The lowest BCUT2D eigenvalue weighted by atomic mass is 9.91. The molecule has 1 fully saturated rings. The van der Waals surface area contributed by atoms with E-state index < -0.39 is 35.2 Å². The molecular formula is C23H35N6O5S-. The Morgan fingerprint density at radius 3 is 2.74 bits per heavy atom. The zero-order valence-corrected chi connectivity index (χ0v) is 21.0. The van der Waals surface area contributed by atoms with Gasteiger partial charge in [-0.2, -0.15) is 0 Å². The molecule has 0 spiro atoms. The second kappa shape index (κ2) is 11.7. The number of guanidine groups is 1. The van der Waals surface area contributed by atoms with Crippen LogP contribution in [0.3, 0.4) is 0 Å². The van der Waals surface area contributed by atoms with Crippen molar-refractivity contribution in [2.24, 2.45) is 28.3 Å². The Hall–Kier alpha value is -2.86. The molecule has 0 aliphatic carbocycles. The van der Waals surface area contributed by atoms with Crippen molar-refractivity contribution in [3.05, 3.63) is 23.8 Å². The van der Waals surface area contributed by atoms with Gasteiger partial charge in [-0.15, -0.1) is 0 Å². The molecule has 0 saturated carbocycles. The third-order valence-electron chi connectivity index (χ3n) is 6.65. The van der Waals surface area contributed by atoms with Crippen LogP contribution >= 0.6 is 0 Å². The van der Waals surface area contributed by atoms with Crippen LogP contribution in [0.5, 0.6) is 0 Å². The van der Waals surface area contributed by atoms with Crippen LogP contribution in [0.2, 0.25) is 0 Å². The van der Waals surface area contributed by atoms with Gasteiger partial charge < -0.3 is 31.3 Å². The van der Waals surface area contributed by atoms with E-state index in [4.69, 9.17) is 11.5 Å². The van der Waals surface area contributed by atoms with Crippen LogP contribution in [0, 0.1) is 11.8 Å². The lowest BCUT2D eigenvalue weighted by Crippen LogP contribution is -2.57. The van der Waals surface area contributed by atoms with Crippen LogP contribution in [0.15, 0.2) is 23.2 Å². The molecule has 2 heterocycles. The van der Waals surface area contributed by atoms with E-state index in [0.717, 1.165) is 16.3 Å². The SMILES string of the molecule is C[C@@H]1CCN(C(=O)C(CCCN=C(N)N)N(c2cccc3c2NC[C@H](C)C3)S(=O)[O-])[C@@H](C(=O)O)C1. The Morgan fingerprint density at radius 1 is 1.34 bits per heavy atom. The van der Waals surface area contributed by atoms with Gasteiger partial charge in [-0.1, -0.05) is 26.0 Å². The van der Waals surface area contributed by atoms with Crippen LogP contribution in [-0.4, -0.2) is 68.3 Å². The van der Waals surface area contributed by atoms with Crippen molar-refractivity contribution in [2.45, 2.75) is 58.0 Å². The fourth-order valence-electron chi connectivity index (χ4n) is 4.89. The number of nitrogens with zero attached hydrogens (tertiary/aromatic N) is 3. The number of carboxylic acid groups (broad SMARTS) is 1. The van der Waals surface area contributed by atoms with Gasteiger partial charge >= 0.3 is 5.97 Å². The predicted molar refractivity (Wildman–Crippen MR) is 134 cm³/mol. The Kier molecular flexibility index (Phi) is 8.95. The van der Waals surface area contributed by atoms with Crippen LogP contribution in [0.1, 0.15) is 45.1 Å². The second-order valence-corrected chi connectivity index (χ2v) is 10.4. The summed E-state index contributed by atoms with van der Waals surface area (Å²) in [6.45, 7) is 5.20. The summed E-state index contributed by atoms with van der Waals surface area (Å²) in [5.74, 6) is -1.18. The third-order valence-corrected chi connectivity index (χ3v) is 7.43. The number of nitrogens with one attached hydrogen (secondary N) is 1. The molecule has 1 saturated heterocycles. The van der Waals surface area contributed by atoms with E-state index in [0.29, 0.717) is 43.1 Å². The highest BCUT2D eigenvalue weighted by molar-refractivity contribution is 7.80. The number of carbonyl (C=O) groups excluding carboxylic acids is 1. The molecule has 1 amide bonds. The number of piperidine rings is 1. The van der Waals surface area contributed by atoms with Crippen molar-refractivity contribution in [1.82, 2.24) is 4.90 Å². The first-order valence-electron chi connectivity index (χ1n) is 11.9. The molecule has 1 aromatic carbocycles. The number of rotatable bonds is 9. The number of benzene rings is 1. The highest BCUT2D eigenvalue weighted by Gasteiger charge is 2.40. The number of carboxylic acids is 1. The van der Waals surface area contributed by atoms with Crippen molar-refractivity contribution in [3.8, 4) is 0 Å². The number of aliphatic carboxylic acids is 1. The molecule has 5 atom stereocenters. The molecule has 0 bridgehead atoms. The van der Waals surface area contributed by atoms with Gasteiger partial charge in [0.1, 0.15) is 12.1 Å². The largest absolute Gasteiger partial charge is 0.755 e. The molecule has 6 N–H and O–H groups in total. The summed E-state index contributed by atoms with van der Waals surface area (Å²) >= 11 is -2.80. The summed E-state index contributed by atoms with van der Waals surface area (Å²) in [5.41, 5.74) is 12.8. The van der Waals surface area contributed by atoms with Gasteiger partial charge in [0.25, 0.3) is 0 Å². The van der Waals surface area contributed by atoms with Crippen LogP contribution in [-0.2, 0) is 27.3 Å².